The van der Waals surface area contributed by atoms with Crippen LogP contribution in [0.3, 0.4) is 0 Å². The van der Waals surface area contributed by atoms with Crippen molar-refractivity contribution < 1.29 is 15.0 Å². The van der Waals surface area contributed by atoms with Crippen LogP contribution < -0.4 is 0 Å². The van der Waals surface area contributed by atoms with Crippen molar-refractivity contribution in [1.29, 1.82) is 0 Å². The number of rotatable bonds is 0. The molecule has 0 aromatic carbocycles. The van der Waals surface area contributed by atoms with Gasteiger partial charge in [0.05, 0.1) is 11.6 Å². The van der Waals surface area contributed by atoms with Gasteiger partial charge in [0.25, 0.3) is 0 Å². The highest BCUT2D eigenvalue weighted by Crippen LogP contribution is 2.43. The number of likely N-dealkylation sites (tertiary alicyclic amines) is 1. The van der Waals surface area contributed by atoms with Crippen LogP contribution in [0.15, 0.2) is 0 Å². The maximum Gasteiger partial charge on any atom is 0.407 e. The largest absolute Gasteiger partial charge is 0.465 e. The van der Waals surface area contributed by atoms with E-state index in [4.69, 9.17) is 5.11 Å². The molecule has 1 aliphatic rings. The lowest BCUT2D eigenvalue weighted by Gasteiger charge is -2.46. The van der Waals surface area contributed by atoms with E-state index in [0.29, 0.717) is 13.0 Å². The fraction of sp³-hybridized carbons (Fsp3) is 0.900. The van der Waals surface area contributed by atoms with E-state index in [2.05, 4.69) is 0 Å². The standard InChI is InChI=1S/C10H19NO3/c1-9(2,3)10(4)7(12)5-6-11(10)8(13)14/h7,12H,5-6H2,1-4H3,(H,13,14)/t7-,10-/m0/s1. The van der Waals surface area contributed by atoms with E-state index in [0.717, 1.165) is 0 Å². The third kappa shape index (κ3) is 1.38. The lowest BCUT2D eigenvalue weighted by molar-refractivity contribution is -0.0276. The molecule has 0 aliphatic carbocycles. The first kappa shape index (κ1) is 11.3. The van der Waals surface area contributed by atoms with Crippen molar-refractivity contribution in [3.63, 3.8) is 0 Å². The predicted octanol–water partition coefficient (Wildman–Crippen LogP) is 1.54. The van der Waals surface area contributed by atoms with Crippen molar-refractivity contribution in [3.05, 3.63) is 0 Å². The molecule has 2 atom stereocenters. The van der Waals surface area contributed by atoms with Crippen molar-refractivity contribution in [3.8, 4) is 0 Å². The molecule has 1 aliphatic heterocycles. The van der Waals surface area contributed by atoms with Crippen LogP contribution in [0.2, 0.25) is 0 Å². The SMILES string of the molecule is CC(C)(C)[C@]1(C)[C@@H](O)CCN1C(=O)O. The molecule has 1 saturated heterocycles. The lowest BCUT2D eigenvalue weighted by atomic mass is 9.72. The smallest absolute Gasteiger partial charge is 0.407 e. The second-order valence-electron chi connectivity index (χ2n) is 5.14. The molecule has 14 heavy (non-hydrogen) atoms. The average molecular weight is 201 g/mol. The second-order valence-corrected chi connectivity index (χ2v) is 5.14. The third-order valence-corrected chi connectivity index (χ3v) is 3.59. The van der Waals surface area contributed by atoms with E-state index in [1.807, 2.05) is 27.7 Å². The first-order chi connectivity index (χ1) is 6.21. The number of hydrogen-bond donors (Lipinski definition) is 2. The highest BCUT2D eigenvalue weighted by Gasteiger charge is 2.53. The Morgan fingerprint density at radius 1 is 1.50 bits per heavy atom. The molecule has 0 unspecified atom stereocenters. The summed E-state index contributed by atoms with van der Waals surface area (Å²) < 4.78 is 0. The molecular weight excluding hydrogens is 182 g/mol. The Morgan fingerprint density at radius 2 is 2.00 bits per heavy atom. The molecule has 1 fully saturated rings. The Bertz CT molecular complexity index is 246. The van der Waals surface area contributed by atoms with Crippen LogP contribution in [-0.2, 0) is 0 Å². The number of hydrogen-bond acceptors (Lipinski definition) is 2. The zero-order valence-electron chi connectivity index (χ0n) is 9.24. The molecule has 2 N–H and O–H groups in total. The van der Waals surface area contributed by atoms with Gasteiger partial charge in [0, 0.05) is 6.54 Å². The van der Waals surface area contributed by atoms with Crippen molar-refractivity contribution in [2.45, 2.75) is 45.8 Å². The van der Waals surface area contributed by atoms with E-state index in [9.17, 15) is 9.90 Å². The molecule has 82 valence electrons. The van der Waals surface area contributed by atoms with Gasteiger partial charge in [0.15, 0.2) is 0 Å². The van der Waals surface area contributed by atoms with Gasteiger partial charge in [-0.15, -0.1) is 0 Å². The predicted molar refractivity (Wildman–Crippen MR) is 53.2 cm³/mol. The number of carboxylic acid groups (broad SMARTS) is 1. The molecule has 0 spiro atoms. The molecule has 1 heterocycles. The highest BCUT2D eigenvalue weighted by atomic mass is 16.4. The summed E-state index contributed by atoms with van der Waals surface area (Å²) in [6.07, 6.45) is -0.988. The summed E-state index contributed by atoms with van der Waals surface area (Å²) >= 11 is 0. The van der Waals surface area contributed by atoms with Gasteiger partial charge < -0.3 is 10.2 Å². The summed E-state index contributed by atoms with van der Waals surface area (Å²) in [5.41, 5.74) is -0.944. The molecular formula is C10H19NO3. The van der Waals surface area contributed by atoms with Crippen molar-refractivity contribution in [1.82, 2.24) is 4.90 Å². The lowest BCUT2D eigenvalue weighted by Crippen LogP contribution is -2.58. The first-order valence-electron chi connectivity index (χ1n) is 4.90. The van der Waals surface area contributed by atoms with E-state index < -0.39 is 17.7 Å². The zero-order chi connectivity index (χ0) is 11.1. The van der Waals surface area contributed by atoms with Crippen molar-refractivity contribution in [2.75, 3.05) is 6.54 Å². The third-order valence-electron chi connectivity index (χ3n) is 3.59. The van der Waals surface area contributed by atoms with Gasteiger partial charge in [-0.05, 0) is 18.8 Å². The molecule has 0 bridgehead atoms. The topological polar surface area (TPSA) is 60.8 Å². The van der Waals surface area contributed by atoms with E-state index in [1.165, 1.54) is 4.90 Å². The summed E-state index contributed by atoms with van der Waals surface area (Å²) in [7, 11) is 0. The van der Waals surface area contributed by atoms with Crippen LogP contribution in [0.5, 0.6) is 0 Å². The number of nitrogens with zero attached hydrogens (tertiary/aromatic N) is 1. The van der Waals surface area contributed by atoms with Gasteiger partial charge in [-0.3, -0.25) is 4.90 Å². The molecule has 0 saturated carbocycles. The summed E-state index contributed by atoms with van der Waals surface area (Å²) in [5, 5.41) is 18.9. The summed E-state index contributed by atoms with van der Waals surface area (Å²) in [6, 6.07) is 0. The van der Waals surface area contributed by atoms with Gasteiger partial charge in [-0.2, -0.15) is 0 Å². The quantitative estimate of drug-likeness (QED) is 0.625. The van der Waals surface area contributed by atoms with Crippen molar-refractivity contribution in [2.24, 2.45) is 5.41 Å². The molecule has 0 aromatic heterocycles. The molecule has 4 nitrogen and oxygen atoms in total. The normalized spacial score (nSPS) is 33.5. The summed E-state index contributed by atoms with van der Waals surface area (Å²) in [6.45, 7) is 8.11. The van der Waals surface area contributed by atoms with Crippen LogP contribution in [0, 0.1) is 5.41 Å². The van der Waals surface area contributed by atoms with Gasteiger partial charge in [0.1, 0.15) is 0 Å². The average Bonchev–Trinajstić information content (AvgIpc) is 2.28. The fourth-order valence-corrected chi connectivity index (χ4v) is 2.14. The van der Waals surface area contributed by atoms with Gasteiger partial charge in [-0.1, -0.05) is 20.8 Å². The van der Waals surface area contributed by atoms with Crippen LogP contribution in [0.25, 0.3) is 0 Å². The molecule has 0 aromatic rings. The van der Waals surface area contributed by atoms with Crippen LogP contribution in [0.4, 0.5) is 4.79 Å². The Kier molecular flexibility index (Phi) is 2.52. The fourth-order valence-electron chi connectivity index (χ4n) is 2.14. The summed E-state index contributed by atoms with van der Waals surface area (Å²) in [4.78, 5) is 12.4. The number of aliphatic hydroxyl groups excluding tert-OH is 1. The molecule has 4 heteroatoms. The number of aliphatic hydroxyl groups is 1. The van der Waals surface area contributed by atoms with Crippen molar-refractivity contribution >= 4 is 6.09 Å². The Morgan fingerprint density at radius 3 is 2.29 bits per heavy atom. The van der Waals surface area contributed by atoms with E-state index >= 15 is 0 Å². The Hall–Kier alpha value is -0.770. The van der Waals surface area contributed by atoms with E-state index in [1.54, 1.807) is 0 Å². The first-order valence-corrected chi connectivity index (χ1v) is 4.90. The van der Waals surface area contributed by atoms with Gasteiger partial charge in [-0.25, -0.2) is 4.79 Å². The van der Waals surface area contributed by atoms with Crippen LogP contribution in [-0.4, -0.2) is 39.4 Å². The monoisotopic (exact) mass is 201 g/mol. The maximum absolute atomic E-state index is 11.0. The second kappa shape index (κ2) is 3.12. The Labute approximate surface area is 84.5 Å². The molecule has 1 amide bonds. The molecule has 0 radical (unpaired) electrons. The molecule has 1 rings (SSSR count). The highest BCUT2D eigenvalue weighted by molar-refractivity contribution is 5.67. The van der Waals surface area contributed by atoms with E-state index in [-0.39, 0.29) is 5.41 Å². The minimum Gasteiger partial charge on any atom is -0.465 e. The Balaban J connectivity index is 3.08. The van der Waals surface area contributed by atoms with Crippen LogP contribution in [0.1, 0.15) is 34.1 Å². The van der Waals surface area contributed by atoms with Gasteiger partial charge >= 0.3 is 6.09 Å². The van der Waals surface area contributed by atoms with Crippen LogP contribution >= 0.6 is 0 Å². The number of amides is 1. The minimum atomic E-state index is -0.945. The zero-order valence-corrected chi connectivity index (χ0v) is 9.24. The minimum absolute atomic E-state index is 0.263. The summed E-state index contributed by atoms with van der Waals surface area (Å²) in [5.74, 6) is 0. The maximum atomic E-state index is 11.0. The van der Waals surface area contributed by atoms with Gasteiger partial charge in [0.2, 0.25) is 0 Å². The number of carbonyl (C=O) groups is 1.